The molecule has 6 heteroatoms. The van der Waals surface area contributed by atoms with Gasteiger partial charge in [0.25, 0.3) is 5.95 Å². The fourth-order valence-electron chi connectivity index (χ4n) is 2.20. The number of hydrogen-bond donors (Lipinski definition) is 2. The fraction of sp³-hybridized carbons (Fsp3) is 0.583. The normalized spacial score (nSPS) is 18.7. The summed E-state index contributed by atoms with van der Waals surface area (Å²) in [5.41, 5.74) is -0.919. The number of aromatic nitrogens is 1. The minimum absolute atomic E-state index is 0.0853. The van der Waals surface area contributed by atoms with Crippen LogP contribution in [0.5, 0.6) is 0 Å². The number of hydrogen-bond acceptors (Lipinski definition) is 3. The van der Waals surface area contributed by atoms with Gasteiger partial charge in [0.05, 0.1) is 5.60 Å². The molecular weight excluding hydrogens is 245 g/mol. The number of nitrogens with zero attached hydrogens (tertiary/aromatic N) is 1. The number of halogens is 3. The van der Waals surface area contributed by atoms with Crippen LogP contribution in [0.1, 0.15) is 32.1 Å². The topological polar surface area (TPSA) is 45.1 Å². The van der Waals surface area contributed by atoms with E-state index in [0.29, 0.717) is 18.9 Å². The largest absolute Gasteiger partial charge is 0.388 e. The molecule has 0 bridgehead atoms. The summed E-state index contributed by atoms with van der Waals surface area (Å²) in [6.45, 7) is 0.0853. The molecule has 1 aliphatic rings. The summed E-state index contributed by atoms with van der Waals surface area (Å²) in [7, 11) is 0. The summed E-state index contributed by atoms with van der Waals surface area (Å²) in [6.07, 6.45) is 4.12. The molecule has 3 nitrogen and oxygen atoms in total. The zero-order valence-electron chi connectivity index (χ0n) is 9.85. The Labute approximate surface area is 103 Å². The zero-order chi connectivity index (χ0) is 13.2. The lowest BCUT2D eigenvalue weighted by molar-refractivity contribution is 0.0166. The van der Waals surface area contributed by atoms with Gasteiger partial charge >= 0.3 is 0 Å². The van der Waals surface area contributed by atoms with Crippen molar-refractivity contribution in [1.82, 2.24) is 4.98 Å². The lowest BCUT2D eigenvalue weighted by Gasteiger charge is -2.32. The van der Waals surface area contributed by atoms with E-state index in [1.165, 1.54) is 0 Å². The van der Waals surface area contributed by atoms with Gasteiger partial charge in [-0.25, -0.2) is 8.78 Å². The summed E-state index contributed by atoms with van der Waals surface area (Å²) in [4.78, 5) is 3.15. The van der Waals surface area contributed by atoms with Crippen molar-refractivity contribution in [2.75, 3.05) is 11.9 Å². The van der Waals surface area contributed by atoms with Crippen LogP contribution in [0.15, 0.2) is 6.07 Å². The van der Waals surface area contributed by atoms with Gasteiger partial charge in [-0.05, 0) is 12.8 Å². The van der Waals surface area contributed by atoms with Gasteiger partial charge in [-0.15, -0.1) is 0 Å². The van der Waals surface area contributed by atoms with Gasteiger partial charge in [0.15, 0.2) is 17.5 Å². The first kappa shape index (κ1) is 13.1. The van der Waals surface area contributed by atoms with Gasteiger partial charge in [0.2, 0.25) is 0 Å². The third-order valence-corrected chi connectivity index (χ3v) is 3.26. The molecule has 0 radical (unpaired) electrons. The molecule has 0 aliphatic heterocycles. The van der Waals surface area contributed by atoms with Crippen LogP contribution < -0.4 is 5.32 Å². The average molecular weight is 260 g/mol. The van der Waals surface area contributed by atoms with Crippen LogP contribution >= 0.6 is 0 Å². The average Bonchev–Trinajstić information content (AvgIpc) is 2.33. The van der Waals surface area contributed by atoms with Crippen LogP contribution in [0, 0.1) is 17.6 Å². The van der Waals surface area contributed by atoms with Gasteiger partial charge in [0.1, 0.15) is 0 Å². The highest BCUT2D eigenvalue weighted by molar-refractivity contribution is 5.36. The molecule has 2 rings (SSSR count). The predicted octanol–water partition coefficient (Wildman–Crippen LogP) is 2.61. The Balaban J connectivity index is 2.03. The van der Waals surface area contributed by atoms with E-state index in [4.69, 9.17) is 0 Å². The Morgan fingerprint density at radius 2 is 1.83 bits per heavy atom. The van der Waals surface area contributed by atoms with Crippen LogP contribution in [0.3, 0.4) is 0 Å². The molecule has 1 fully saturated rings. The second-order valence-corrected chi connectivity index (χ2v) is 4.73. The Kier molecular flexibility index (Phi) is 3.75. The van der Waals surface area contributed by atoms with E-state index in [-0.39, 0.29) is 12.4 Å². The molecular formula is C12H15F3N2O. The highest BCUT2D eigenvalue weighted by Crippen LogP contribution is 2.28. The van der Waals surface area contributed by atoms with Gasteiger partial charge in [-0.1, -0.05) is 19.3 Å². The number of nitrogens with one attached hydrogen (secondary N) is 1. The molecule has 0 unspecified atom stereocenters. The second-order valence-electron chi connectivity index (χ2n) is 4.73. The van der Waals surface area contributed by atoms with E-state index >= 15 is 0 Å². The molecule has 1 aromatic heterocycles. The summed E-state index contributed by atoms with van der Waals surface area (Å²) in [6, 6.07) is 0.440. The molecule has 0 spiro atoms. The molecule has 100 valence electrons. The summed E-state index contributed by atoms with van der Waals surface area (Å²) >= 11 is 0. The minimum Gasteiger partial charge on any atom is -0.388 e. The van der Waals surface area contributed by atoms with Crippen molar-refractivity contribution >= 4 is 5.82 Å². The van der Waals surface area contributed by atoms with Crippen molar-refractivity contribution in [3.8, 4) is 0 Å². The van der Waals surface area contributed by atoms with Crippen molar-refractivity contribution in [3.63, 3.8) is 0 Å². The predicted molar refractivity (Wildman–Crippen MR) is 60.6 cm³/mol. The molecule has 18 heavy (non-hydrogen) atoms. The van der Waals surface area contributed by atoms with Crippen molar-refractivity contribution < 1.29 is 18.3 Å². The van der Waals surface area contributed by atoms with E-state index < -0.39 is 23.2 Å². The number of pyridine rings is 1. The maximum Gasteiger partial charge on any atom is 0.251 e. The molecule has 2 N–H and O–H groups in total. The van der Waals surface area contributed by atoms with Crippen molar-refractivity contribution in [2.24, 2.45) is 0 Å². The smallest absolute Gasteiger partial charge is 0.251 e. The quantitative estimate of drug-likeness (QED) is 0.821. The van der Waals surface area contributed by atoms with Crippen molar-refractivity contribution in [3.05, 3.63) is 23.6 Å². The third-order valence-electron chi connectivity index (χ3n) is 3.26. The summed E-state index contributed by atoms with van der Waals surface area (Å²) in [5, 5.41) is 12.7. The van der Waals surface area contributed by atoms with Crippen molar-refractivity contribution in [1.29, 1.82) is 0 Å². The van der Waals surface area contributed by atoms with Gasteiger partial charge in [-0.2, -0.15) is 9.37 Å². The van der Waals surface area contributed by atoms with Crippen LogP contribution in [-0.2, 0) is 0 Å². The van der Waals surface area contributed by atoms with Crippen LogP contribution in [0.2, 0.25) is 0 Å². The number of aliphatic hydroxyl groups is 1. The van der Waals surface area contributed by atoms with E-state index in [1.807, 2.05) is 0 Å². The Bertz CT molecular complexity index is 434. The van der Waals surface area contributed by atoms with Gasteiger partial charge in [0, 0.05) is 12.6 Å². The lowest BCUT2D eigenvalue weighted by atomic mass is 9.85. The highest BCUT2D eigenvalue weighted by atomic mass is 19.2. The van der Waals surface area contributed by atoms with Gasteiger partial charge < -0.3 is 10.4 Å². The maximum atomic E-state index is 13.3. The molecule has 0 aromatic carbocycles. The molecule has 1 aromatic rings. The molecule has 1 saturated carbocycles. The maximum absolute atomic E-state index is 13.3. The molecule has 1 aliphatic carbocycles. The standard InChI is InChI=1S/C12H15F3N2O/c13-8-6-9(14)11(17-10(8)15)16-7-12(18)4-2-1-3-5-12/h6,18H,1-5,7H2,(H,16,17). The number of anilines is 1. The monoisotopic (exact) mass is 260 g/mol. The van der Waals surface area contributed by atoms with Crippen LogP contribution in [0.25, 0.3) is 0 Å². The molecule has 0 saturated heterocycles. The first-order valence-corrected chi connectivity index (χ1v) is 5.98. The molecule has 1 heterocycles. The summed E-state index contributed by atoms with van der Waals surface area (Å²) < 4.78 is 38.8. The lowest BCUT2D eigenvalue weighted by Crippen LogP contribution is -2.39. The van der Waals surface area contributed by atoms with Crippen LogP contribution in [-0.4, -0.2) is 22.2 Å². The summed E-state index contributed by atoms with van der Waals surface area (Å²) in [5.74, 6) is -4.01. The minimum atomic E-state index is -1.35. The zero-order valence-corrected chi connectivity index (χ0v) is 9.85. The van der Waals surface area contributed by atoms with Crippen LogP contribution in [0.4, 0.5) is 19.0 Å². The second kappa shape index (κ2) is 5.14. The number of rotatable bonds is 3. The van der Waals surface area contributed by atoms with E-state index in [1.54, 1.807) is 0 Å². The Morgan fingerprint density at radius 1 is 1.17 bits per heavy atom. The first-order chi connectivity index (χ1) is 8.50. The Hall–Kier alpha value is -1.30. The van der Waals surface area contributed by atoms with E-state index in [2.05, 4.69) is 10.3 Å². The Morgan fingerprint density at radius 3 is 2.50 bits per heavy atom. The van der Waals surface area contributed by atoms with E-state index in [0.717, 1.165) is 19.3 Å². The first-order valence-electron chi connectivity index (χ1n) is 5.98. The molecule has 0 amide bonds. The van der Waals surface area contributed by atoms with Gasteiger partial charge in [-0.3, -0.25) is 0 Å². The van der Waals surface area contributed by atoms with E-state index in [9.17, 15) is 18.3 Å². The third kappa shape index (κ3) is 2.93. The molecule has 0 atom stereocenters. The highest BCUT2D eigenvalue weighted by Gasteiger charge is 2.29. The van der Waals surface area contributed by atoms with Crippen molar-refractivity contribution in [2.45, 2.75) is 37.7 Å². The SMILES string of the molecule is OC1(CNc2nc(F)c(F)cc2F)CCCCC1. The fourth-order valence-corrected chi connectivity index (χ4v) is 2.20.